The molecule has 31 heavy (non-hydrogen) atoms. The highest BCUT2D eigenvalue weighted by molar-refractivity contribution is 6.32. The van der Waals surface area contributed by atoms with Crippen molar-refractivity contribution in [2.75, 3.05) is 0 Å². The molecular formula is C21H22ClF3N3O2Si. The molecule has 10 heteroatoms. The molecule has 0 N–H and O–H groups in total. The molecule has 0 unspecified atom stereocenters. The smallest absolute Gasteiger partial charge is 0.417 e. The third kappa shape index (κ3) is 3.54. The molecule has 3 radical (unpaired) electrons. The average Bonchev–Trinajstić information content (AvgIpc) is 3.13. The van der Waals surface area contributed by atoms with Crippen LogP contribution in [0.2, 0.25) is 5.02 Å². The quantitative estimate of drug-likeness (QED) is 0.524. The maximum absolute atomic E-state index is 14.4. The fourth-order valence-electron chi connectivity index (χ4n) is 3.95. The van der Waals surface area contributed by atoms with E-state index in [1.807, 2.05) is 40.7 Å². The third-order valence-corrected chi connectivity index (χ3v) is 6.35. The van der Waals surface area contributed by atoms with Crippen molar-refractivity contribution in [1.82, 2.24) is 4.90 Å². The highest BCUT2D eigenvalue weighted by atomic mass is 35.5. The monoisotopic (exact) mass is 468 g/mol. The van der Waals surface area contributed by atoms with Gasteiger partial charge in [0.2, 0.25) is 0 Å². The predicted molar refractivity (Wildman–Crippen MR) is 112 cm³/mol. The molecule has 1 saturated heterocycles. The standard InChI is InChI=1S/C21H22ClF3N3O2Si/c1-11-14(8-7-12(10-26)15(11)22)27-17-28-16(20(29-17,30-31)21(23,24)25)13(18(2,3)4)9-19(28,5)6/h7-8H,9H2,1-6H3/t20-/m0/s1. The normalized spacial score (nSPS) is 24.5. The van der Waals surface area contributed by atoms with Gasteiger partial charge in [-0.05, 0) is 55.9 Å². The van der Waals surface area contributed by atoms with Gasteiger partial charge >= 0.3 is 18.0 Å². The van der Waals surface area contributed by atoms with Gasteiger partial charge in [0.1, 0.15) is 11.8 Å². The Balaban J connectivity index is 2.31. The molecule has 5 nitrogen and oxygen atoms in total. The first-order valence-corrected chi connectivity index (χ1v) is 10.3. The lowest BCUT2D eigenvalue weighted by atomic mass is 9.80. The van der Waals surface area contributed by atoms with Crippen molar-refractivity contribution in [3.8, 4) is 6.07 Å². The Bertz CT molecular complexity index is 1040. The second-order valence-electron chi connectivity index (χ2n) is 9.30. The van der Waals surface area contributed by atoms with E-state index in [0.717, 1.165) is 0 Å². The number of ether oxygens (including phenoxy) is 1. The Morgan fingerprint density at radius 1 is 1.29 bits per heavy atom. The van der Waals surface area contributed by atoms with Gasteiger partial charge in [-0.3, -0.25) is 4.90 Å². The van der Waals surface area contributed by atoms with E-state index in [-0.39, 0.29) is 22.3 Å². The summed E-state index contributed by atoms with van der Waals surface area (Å²) in [6.07, 6.45) is -4.53. The van der Waals surface area contributed by atoms with E-state index in [1.165, 1.54) is 17.0 Å². The van der Waals surface area contributed by atoms with Crippen LogP contribution < -0.4 is 0 Å². The highest BCUT2D eigenvalue weighted by Gasteiger charge is 2.71. The first-order chi connectivity index (χ1) is 14.1. The maximum atomic E-state index is 14.4. The number of halogens is 4. The third-order valence-electron chi connectivity index (χ3n) is 5.58. The molecule has 1 aromatic carbocycles. The number of fused-ring (bicyclic) bond motifs is 1. The number of nitriles is 1. The zero-order valence-corrected chi connectivity index (χ0v) is 19.8. The fraction of sp³-hybridized carbons (Fsp3) is 0.524. The molecule has 0 aliphatic carbocycles. The number of hydrogen-bond donors (Lipinski definition) is 0. The van der Waals surface area contributed by atoms with Gasteiger partial charge in [-0.25, -0.2) is 0 Å². The van der Waals surface area contributed by atoms with Crippen molar-refractivity contribution in [3.05, 3.63) is 39.6 Å². The minimum absolute atomic E-state index is 0.122. The molecule has 2 aliphatic rings. The molecule has 2 aliphatic heterocycles. The minimum Gasteiger partial charge on any atom is -0.417 e. The van der Waals surface area contributed by atoms with Crippen LogP contribution in [-0.2, 0) is 9.16 Å². The summed E-state index contributed by atoms with van der Waals surface area (Å²) < 4.78 is 53.4. The van der Waals surface area contributed by atoms with Crippen LogP contribution in [0.4, 0.5) is 18.9 Å². The van der Waals surface area contributed by atoms with Crippen LogP contribution in [0.5, 0.6) is 0 Å². The van der Waals surface area contributed by atoms with Gasteiger partial charge in [0, 0.05) is 5.54 Å². The predicted octanol–water partition coefficient (Wildman–Crippen LogP) is 5.68. The number of hydrogen-bond acceptors (Lipinski definition) is 4. The van der Waals surface area contributed by atoms with Crippen molar-refractivity contribution in [2.45, 2.75) is 65.5 Å². The summed E-state index contributed by atoms with van der Waals surface area (Å²) in [5.41, 5.74) is 0.121. The van der Waals surface area contributed by atoms with Gasteiger partial charge in [-0.2, -0.15) is 23.4 Å². The van der Waals surface area contributed by atoms with Gasteiger partial charge in [0.15, 0.2) is 0 Å². The molecule has 0 amide bonds. The molecule has 1 aromatic rings. The van der Waals surface area contributed by atoms with Crippen LogP contribution >= 0.6 is 11.6 Å². The largest absolute Gasteiger partial charge is 0.461 e. The molecule has 0 bridgehead atoms. The summed E-state index contributed by atoms with van der Waals surface area (Å²) in [6, 6.07) is 4.70. The summed E-state index contributed by atoms with van der Waals surface area (Å²) in [7, 11) is 2.64. The molecule has 0 aromatic heterocycles. The van der Waals surface area contributed by atoms with Crippen LogP contribution in [0, 0.1) is 23.7 Å². The zero-order valence-electron chi connectivity index (χ0n) is 18.0. The van der Waals surface area contributed by atoms with E-state index in [4.69, 9.17) is 26.0 Å². The van der Waals surface area contributed by atoms with E-state index < -0.39 is 22.9 Å². The van der Waals surface area contributed by atoms with Crippen molar-refractivity contribution < 1.29 is 22.3 Å². The summed E-state index contributed by atoms with van der Waals surface area (Å²) >= 11 is 6.22. The summed E-state index contributed by atoms with van der Waals surface area (Å²) in [5.74, 6) is -3.05. The summed E-state index contributed by atoms with van der Waals surface area (Å²) in [6.45, 7) is 10.8. The lowest BCUT2D eigenvalue weighted by molar-refractivity contribution is -0.303. The summed E-state index contributed by atoms with van der Waals surface area (Å²) in [5, 5.41) is 9.34. The topological polar surface area (TPSA) is 57.9 Å². The molecule has 2 heterocycles. The van der Waals surface area contributed by atoms with Crippen LogP contribution in [0.1, 0.15) is 52.2 Å². The van der Waals surface area contributed by atoms with Crippen LogP contribution in [0.15, 0.2) is 28.4 Å². The van der Waals surface area contributed by atoms with E-state index in [1.54, 1.807) is 6.92 Å². The van der Waals surface area contributed by atoms with Crippen molar-refractivity contribution >= 4 is 33.8 Å². The highest BCUT2D eigenvalue weighted by Crippen LogP contribution is 2.57. The summed E-state index contributed by atoms with van der Waals surface area (Å²) in [4.78, 5) is 5.85. The van der Waals surface area contributed by atoms with E-state index in [9.17, 15) is 13.2 Å². The number of amidine groups is 1. The lowest BCUT2D eigenvalue weighted by Crippen LogP contribution is -2.50. The van der Waals surface area contributed by atoms with Gasteiger partial charge in [-0.15, -0.1) is 0 Å². The number of rotatable bonds is 2. The molecule has 1 atom stereocenters. The Kier molecular flexibility index (Phi) is 5.53. The second kappa shape index (κ2) is 7.25. The van der Waals surface area contributed by atoms with Crippen molar-refractivity contribution in [3.63, 3.8) is 0 Å². The molecule has 3 rings (SSSR count). The molecule has 0 spiro atoms. The Labute approximate surface area is 188 Å². The Hall–Kier alpha value is -2.02. The number of benzene rings is 1. The molecular weight excluding hydrogens is 447 g/mol. The van der Waals surface area contributed by atoms with Crippen molar-refractivity contribution in [2.24, 2.45) is 10.4 Å². The zero-order chi connectivity index (χ0) is 23.6. The molecule has 165 valence electrons. The first kappa shape index (κ1) is 23.6. The number of nitrogens with zero attached hydrogens (tertiary/aromatic N) is 3. The van der Waals surface area contributed by atoms with Gasteiger partial charge in [0.05, 0.1) is 16.3 Å². The Morgan fingerprint density at radius 2 is 1.90 bits per heavy atom. The van der Waals surface area contributed by atoms with Gasteiger partial charge in [0.25, 0.3) is 10.5 Å². The number of aliphatic imine (C=N–C) groups is 1. The van der Waals surface area contributed by atoms with E-state index in [2.05, 4.69) is 15.5 Å². The van der Waals surface area contributed by atoms with E-state index in [0.29, 0.717) is 23.2 Å². The maximum Gasteiger partial charge on any atom is 0.461 e. The molecule has 0 saturated carbocycles. The lowest BCUT2D eigenvalue weighted by Gasteiger charge is -2.32. The number of alkyl halides is 3. The SMILES string of the molecule is Cc1c(N=C2O[C@@](O[Si])(C(F)(F)F)C3=C(C(C)(C)C)CC(C)(C)N23)ccc(C#N)c1Cl. The second-order valence-corrected chi connectivity index (χ2v) is 9.88. The van der Waals surface area contributed by atoms with Gasteiger partial charge < -0.3 is 9.16 Å². The van der Waals surface area contributed by atoms with Crippen LogP contribution in [0.25, 0.3) is 0 Å². The molecule has 1 fully saturated rings. The average molecular weight is 469 g/mol. The van der Waals surface area contributed by atoms with E-state index >= 15 is 0 Å². The van der Waals surface area contributed by atoms with Crippen LogP contribution in [0.3, 0.4) is 0 Å². The van der Waals surface area contributed by atoms with Gasteiger partial charge in [-0.1, -0.05) is 32.4 Å². The van der Waals surface area contributed by atoms with Crippen LogP contribution in [-0.4, -0.2) is 38.9 Å². The first-order valence-electron chi connectivity index (χ1n) is 9.53. The Morgan fingerprint density at radius 3 is 2.39 bits per heavy atom. The minimum atomic E-state index is -4.89. The fourth-order valence-corrected chi connectivity index (χ4v) is 4.41. The van der Waals surface area contributed by atoms with Crippen molar-refractivity contribution in [1.29, 1.82) is 5.26 Å².